The predicted octanol–water partition coefficient (Wildman–Crippen LogP) is 2.46. The highest BCUT2D eigenvalue weighted by atomic mass is 16.5. The van der Waals surface area contributed by atoms with Crippen LogP contribution in [0.25, 0.3) is 0 Å². The van der Waals surface area contributed by atoms with E-state index in [1.54, 1.807) is 7.11 Å². The van der Waals surface area contributed by atoms with Gasteiger partial charge in [0.2, 0.25) is 0 Å². The van der Waals surface area contributed by atoms with Crippen molar-refractivity contribution in [1.29, 1.82) is 0 Å². The van der Waals surface area contributed by atoms with Crippen molar-refractivity contribution in [1.82, 2.24) is 0 Å². The van der Waals surface area contributed by atoms with E-state index in [2.05, 4.69) is 27.7 Å². The SMILES string of the molecule is CC[C@](C)(COC)[C@@H](O)CC(C)C. The van der Waals surface area contributed by atoms with E-state index in [1.165, 1.54) is 0 Å². The van der Waals surface area contributed by atoms with Crippen LogP contribution in [0.3, 0.4) is 0 Å². The molecule has 0 aromatic heterocycles. The van der Waals surface area contributed by atoms with Gasteiger partial charge in [0.05, 0.1) is 12.7 Å². The molecule has 0 aromatic rings. The van der Waals surface area contributed by atoms with Gasteiger partial charge in [0.25, 0.3) is 0 Å². The van der Waals surface area contributed by atoms with Gasteiger partial charge in [-0.05, 0) is 18.8 Å². The average Bonchev–Trinajstić information content (AvgIpc) is 2.03. The summed E-state index contributed by atoms with van der Waals surface area (Å²) in [5, 5.41) is 9.99. The molecule has 0 bridgehead atoms. The summed E-state index contributed by atoms with van der Waals surface area (Å²) >= 11 is 0. The molecule has 0 saturated carbocycles. The van der Waals surface area contributed by atoms with Crippen molar-refractivity contribution in [3.63, 3.8) is 0 Å². The maximum absolute atomic E-state index is 9.99. The van der Waals surface area contributed by atoms with Gasteiger partial charge in [0, 0.05) is 12.5 Å². The third-order valence-corrected chi connectivity index (χ3v) is 2.78. The van der Waals surface area contributed by atoms with Crippen molar-refractivity contribution in [2.45, 2.75) is 46.6 Å². The fourth-order valence-electron chi connectivity index (χ4n) is 1.49. The molecule has 13 heavy (non-hydrogen) atoms. The third-order valence-electron chi connectivity index (χ3n) is 2.78. The third kappa shape index (κ3) is 4.10. The summed E-state index contributed by atoms with van der Waals surface area (Å²) in [6.45, 7) is 9.09. The van der Waals surface area contributed by atoms with Gasteiger partial charge in [-0.1, -0.05) is 27.7 Å². The molecule has 0 heterocycles. The topological polar surface area (TPSA) is 29.5 Å². The Morgan fingerprint density at radius 3 is 2.23 bits per heavy atom. The zero-order valence-electron chi connectivity index (χ0n) is 9.63. The molecule has 2 atom stereocenters. The van der Waals surface area contributed by atoms with E-state index >= 15 is 0 Å². The molecule has 2 nitrogen and oxygen atoms in total. The molecule has 0 unspecified atom stereocenters. The van der Waals surface area contributed by atoms with Gasteiger partial charge in [0.1, 0.15) is 0 Å². The lowest BCUT2D eigenvalue weighted by Gasteiger charge is -2.33. The summed E-state index contributed by atoms with van der Waals surface area (Å²) < 4.78 is 5.14. The Labute approximate surface area is 82.3 Å². The maximum Gasteiger partial charge on any atom is 0.0618 e. The van der Waals surface area contributed by atoms with Crippen molar-refractivity contribution in [3.8, 4) is 0 Å². The number of aliphatic hydroxyl groups excluding tert-OH is 1. The van der Waals surface area contributed by atoms with E-state index in [-0.39, 0.29) is 11.5 Å². The Kier molecular flexibility index (Phi) is 5.57. The van der Waals surface area contributed by atoms with E-state index in [9.17, 15) is 5.11 Å². The summed E-state index contributed by atoms with van der Waals surface area (Å²) in [5.41, 5.74) is -0.0843. The van der Waals surface area contributed by atoms with Gasteiger partial charge in [-0.25, -0.2) is 0 Å². The quantitative estimate of drug-likeness (QED) is 0.694. The second-order valence-corrected chi connectivity index (χ2v) is 4.59. The van der Waals surface area contributed by atoms with Crippen LogP contribution in [0.1, 0.15) is 40.5 Å². The Hall–Kier alpha value is -0.0800. The van der Waals surface area contributed by atoms with Crippen molar-refractivity contribution in [2.75, 3.05) is 13.7 Å². The van der Waals surface area contributed by atoms with Crippen LogP contribution in [-0.4, -0.2) is 24.9 Å². The van der Waals surface area contributed by atoms with Gasteiger partial charge >= 0.3 is 0 Å². The van der Waals surface area contributed by atoms with Gasteiger partial charge in [-0.2, -0.15) is 0 Å². The molecule has 0 spiro atoms. The van der Waals surface area contributed by atoms with Crippen LogP contribution in [0.4, 0.5) is 0 Å². The van der Waals surface area contributed by atoms with Crippen LogP contribution in [0.15, 0.2) is 0 Å². The zero-order chi connectivity index (χ0) is 10.5. The molecule has 0 aliphatic rings. The normalized spacial score (nSPS) is 18.7. The lowest BCUT2D eigenvalue weighted by molar-refractivity contribution is -0.0321. The minimum Gasteiger partial charge on any atom is -0.392 e. The summed E-state index contributed by atoms with van der Waals surface area (Å²) in [6, 6.07) is 0. The van der Waals surface area contributed by atoms with E-state index in [0.29, 0.717) is 12.5 Å². The molecular formula is C11H24O2. The number of hydrogen-bond donors (Lipinski definition) is 1. The molecule has 0 amide bonds. The number of methoxy groups -OCH3 is 1. The molecule has 1 N–H and O–H groups in total. The van der Waals surface area contributed by atoms with E-state index in [0.717, 1.165) is 12.8 Å². The van der Waals surface area contributed by atoms with Crippen LogP contribution in [0, 0.1) is 11.3 Å². The van der Waals surface area contributed by atoms with Crippen LogP contribution in [0.2, 0.25) is 0 Å². The van der Waals surface area contributed by atoms with E-state index < -0.39 is 0 Å². The first-order valence-corrected chi connectivity index (χ1v) is 5.13. The molecule has 2 heteroatoms. The first kappa shape index (κ1) is 12.9. The largest absolute Gasteiger partial charge is 0.392 e. The Bertz CT molecular complexity index is 134. The van der Waals surface area contributed by atoms with Crippen LogP contribution in [0.5, 0.6) is 0 Å². The molecule has 0 radical (unpaired) electrons. The number of ether oxygens (including phenoxy) is 1. The minimum absolute atomic E-state index is 0.0843. The van der Waals surface area contributed by atoms with Gasteiger partial charge in [-0.3, -0.25) is 0 Å². The molecule has 0 aliphatic heterocycles. The molecule has 0 saturated heterocycles. The van der Waals surface area contributed by atoms with Gasteiger partial charge in [0.15, 0.2) is 0 Å². The number of rotatable bonds is 6. The second kappa shape index (κ2) is 5.61. The number of aliphatic hydroxyl groups is 1. The second-order valence-electron chi connectivity index (χ2n) is 4.59. The molecule has 0 aromatic carbocycles. The standard InChI is InChI=1S/C11H24O2/c1-6-11(4,8-13-5)10(12)7-9(2)3/h9-10,12H,6-8H2,1-5H3/t10-,11+/m0/s1. The lowest BCUT2D eigenvalue weighted by atomic mass is 9.79. The van der Waals surface area contributed by atoms with Crippen LogP contribution >= 0.6 is 0 Å². The maximum atomic E-state index is 9.99. The Morgan fingerprint density at radius 1 is 1.38 bits per heavy atom. The monoisotopic (exact) mass is 188 g/mol. The first-order valence-electron chi connectivity index (χ1n) is 5.13. The van der Waals surface area contributed by atoms with Crippen molar-refractivity contribution in [3.05, 3.63) is 0 Å². The van der Waals surface area contributed by atoms with Crippen molar-refractivity contribution >= 4 is 0 Å². The molecule has 0 rings (SSSR count). The Balaban J connectivity index is 4.19. The fraction of sp³-hybridized carbons (Fsp3) is 1.00. The highest BCUT2D eigenvalue weighted by Crippen LogP contribution is 2.29. The molecule has 0 fully saturated rings. The van der Waals surface area contributed by atoms with E-state index in [1.807, 2.05) is 0 Å². The zero-order valence-corrected chi connectivity index (χ0v) is 9.63. The number of hydrogen-bond acceptors (Lipinski definition) is 2. The lowest BCUT2D eigenvalue weighted by Crippen LogP contribution is -2.36. The molecular weight excluding hydrogens is 164 g/mol. The summed E-state index contributed by atoms with van der Waals surface area (Å²) in [7, 11) is 1.69. The summed E-state index contributed by atoms with van der Waals surface area (Å²) in [5.74, 6) is 0.540. The predicted molar refractivity (Wildman–Crippen MR) is 55.7 cm³/mol. The molecule has 0 aliphatic carbocycles. The fourth-order valence-corrected chi connectivity index (χ4v) is 1.49. The average molecular weight is 188 g/mol. The highest BCUT2D eigenvalue weighted by Gasteiger charge is 2.31. The highest BCUT2D eigenvalue weighted by molar-refractivity contribution is 4.81. The smallest absolute Gasteiger partial charge is 0.0618 e. The van der Waals surface area contributed by atoms with E-state index in [4.69, 9.17) is 4.74 Å². The van der Waals surface area contributed by atoms with Crippen molar-refractivity contribution in [2.24, 2.45) is 11.3 Å². The summed E-state index contributed by atoms with van der Waals surface area (Å²) in [4.78, 5) is 0. The minimum atomic E-state index is -0.252. The summed E-state index contributed by atoms with van der Waals surface area (Å²) in [6.07, 6.45) is 1.56. The Morgan fingerprint density at radius 2 is 1.92 bits per heavy atom. The van der Waals surface area contributed by atoms with Crippen LogP contribution in [-0.2, 0) is 4.74 Å². The first-order chi connectivity index (χ1) is 5.96. The van der Waals surface area contributed by atoms with Gasteiger partial charge < -0.3 is 9.84 Å². The van der Waals surface area contributed by atoms with Gasteiger partial charge in [-0.15, -0.1) is 0 Å². The van der Waals surface area contributed by atoms with Crippen molar-refractivity contribution < 1.29 is 9.84 Å². The van der Waals surface area contributed by atoms with Crippen LogP contribution < -0.4 is 0 Å². The molecule has 80 valence electrons.